The molecule has 0 atom stereocenters. The van der Waals surface area contributed by atoms with Crippen LogP contribution >= 0.6 is 0 Å². The third kappa shape index (κ3) is 6.26. The minimum Gasteiger partial charge on any atom is -0.741 e. The van der Waals surface area contributed by atoms with Crippen LogP contribution in [0.4, 0.5) is 13.2 Å². The van der Waals surface area contributed by atoms with E-state index in [1.807, 2.05) is 13.0 Å². The van der Waals surface area contributed by atoms with Crippen LogP contribution in [0.25, 0.3) is 10.8 Å². The number of halogens is 3. The second-order valence-electron chi connectivity index (χ2n) is 5.90. The highest BCUT2D eigenvalue weighted by Gasteiger charge is 2.37. The number of ether oxygens (including phenoxy) is 2. The smallest absolute Gasteiger partial charge is 0.485 e. The molecule has 1 aliphatic heterocycles. The Kier molecular flexibility index (Phi) is 7.99. The summed E-state index contributed by atoms with van der Waals surface area (Å²) in [5.74, 6) is 3.60. The van der Waals surface area contributed by atoms with Crippen LogP contribution in [0, 0.1) is 0 Å². The van der Waals surface area contributed by atoms with Gasteiger partial charge in [0, 0.05) is 22.9 Å². The average Bonchev–Trinajstić information content (AvgIpc) is 3.14. The largest absolute Gasteiger partial charge is 0.741 e. The molecule has 0 bridgehead atoms. The standard InChI is InChI=1S/C17H21O2S.CHF3O3S/c1-2-18-13-19-15-9-8-14-6-5-7-17(16(14)12-15)20-10-3-4-11-20;2-1(3,4)8(5,6)7/h5-9,12H,2-4,10-11,13H2,1H3;(H,5,6,7)/q+1;/p-1. The molecule has 0 radical (unpaired) electrons. The predicted molar refractivity (Wildman–Crippen MR) is 101 cm³/mol. The van der Waals surface area contributed by atoms with Gasteiger partial charge in [-0.2, -0.15) is 13.2 Å². The molecule has 3 rings (SSSR count). The molecule has 1 heterocycles. The van der Waals surface area contributed by atoms with Crippen molar-refractivity contribution in [1.82, 2.24) is 0 Å². The maximum absolute atomic E-state index is 10.7. The Bertz CT molecular complexity index is 878. The van der Waals surface area contributed by atoms with Gasteiger partial charge in [-0.3, -0.25) is 0 Å². The number of rotatable bonds is 5. The van der Waals surface area contributed by atoms with Crippen LogP contribution in [0.2, 0.25) is 0 Å². The van der Waals surface area contributed by atoms with Crippen molar-refractivity contribution in [2.75, 3.05) is 24.9 Å². The van der Waals surface area contributed by atoms with Crippen molar-refractivity contribution >= 4 is 31.8 Å². The third-order valence-corrected chi connectivity index (χ3v) is 7.06. The summed E-state index contributed by atoms with van der Waals surface area (Å²) in [6.07, 6.45) is 2.75. The lowest BCUT2D eigenvalue weighted by Crippen LogP contribution is -2.21. The molecule has 5 nitrogen and oxygen atoms in total. The Morgan fingerprint density at radius 2 is 1.79 bits per heavy atom. The summed E-state index contributed by atoms with van der Waals surface area (Å²) in [5.41, 5.74) is -5.65. The number of benzene rings is 2. The highest BCUT2D eigenvalue weighted by atomic mass is 32.2. The van der Waals surface area contributed by atoms with E-state index in [9.17, 15) is 13.2 Å². The van der Waals surface area contributed by atoms with Gasteiger partial charge in [0.1, 0.15) is 17.3 Å². The second kappa shape index (κ2) is 9.82. The van der Waals surface area contributed by atoms with E-state index < -0.39 is 15.6 Å². The van der Waals surface area contributed by atoms with Gasteiger partial charge in [-0.05, 0) is 43.4 Å². The van der Waals surface area contributed by atoms with E-state index in [4.69, 9.17) is 22.4 Å². The first-order valence-corrected chi connectivity index (χ1v) is 11.5. The van der Waals surface area contributed by atoms with Crippen LogP contribution in [0.15, 0.2) is 41.3 Å². The quantitative estimate of drug-likeness (QED) is 0.232. The Morgan fingerprint density at radius 3 is 2.36 bits per heavy atom. The topological polar surface area (TPSA) is 75.7 Å². The normalized spacial score (nSPS) is 15.3. The molecule has 1 fully saturated rings. The molecule has 0 amide bonds. The van der Waals surface area contributed by atoms with E-state index in [1.165, 1.54) is 40.0 Å². The van der Waals surface area contributed by atoms with Crippen molar-refractivity contribution in [2.45, 2.75) is 30.2 Å². The molecule has 28 heavy (non-hydrogen) atoms. The fraction of sp³-hybridized carbons (Fsp3) is 0.444. The van der Waals surface area contributed by atoms with E-state index >= 15 is 0 Å². The first kappa shape index (κ1) is 22.8. The minimum absolute atomic E-state index is 0.329. The molecule has 156 valence electrons. The number of fused-ring (bicyclic) bond motifs is 1. The summed E-state index contributed by atoms with van der Waals surface area (Å²) in [7, 11) is -5.66. The maximum atomic E-state index is 10.7. The van der Waals surface area contributed by atoms with Crippen LogP contribution in [-0.4, -0.2) is 43.4 Å². The van der Waals surface area contributed by atoms with Crippen LogP contribution in [0.3, 0.4) is 0 Å². The van der Waals surface area contributed by atoms with Gasteiger partial charge in [0.25, 0.3) is 0 Å². The highest BCUT2D eigenvalue weighted by Crippen LogP contribution is 2.31. The van der Waals surface area contributed by atoms with Crippen LogP contribution in [-0.2, 0) is 25.7 Å². The molecular weight excluding hydrogens is 417 g/mol. The van der Waals surface area contributed by atoms with Crippen molar-refractivity contribution < 1.29 is 35.6 Å². The summed E-state index contributed by atoms with van der Waals surface area (Å²) in [6.45, 7) is 2.99. The Morgan fingerprint density at radius 1 is 1.14 bits per heavy atom. The lowest BCUT2D eigenvalue weighted by molar-refractivity contribution is -0.0517. The Balaban J connectivity index is 0.000000300. The van der Waals surface area contributed by atoms with Gasteiger partial charge >= 0.3 is 5.51 Å². The van der Waals surface area contributed by atoms with Gasteiger partial charge in [-0.25, -0.2) is 8.42 Å². The minimum atomic E-state index is -6.09. The first-order valence-electron chi connectivity index (χ1n) is 8.56. The van der Waals surface area contributed by atoms with Crippen molar-refractivity contribution in [3.63, 3.8) is 0 Å². The van der Waals surface area contributed by atoms with Crippen LogP contribution in [0.5, 0.6) is 5.75 Å². The number of hydrogen-bond donors (Lipinski definition) is 0. The van der Waals surface area contributed by atoms with Crippen LogP contribution < -0.4 is 4.74 Å². The highest BCUT2D eigenvalue weighted by molar-refractivity contribution is 7.97. The molecule has 1 aliphatic rings. The second-order valence-corrected chi connectivity index (χ2v) is 9.52. The molecule has 2 aromatic rings. The van der Waals surface area contributed by atoms with E-state index in [1.54, 1.807) is 0 Å². The first-order chi connectivity index (χ1) is 13.1. The lowest BCUT2D eigenvalue weighted by Gasteiger charge is -2.09. The van der Waals surface area contributed by atoms with Crippen molar-refractivity contribution in [1.29, 1.82) is 0 Å². The molecule has 0 spiro atoms. The van der Waals surface area contributed by atoms with E-state index in [0.717, 1.165) is 5.75 Å². The molecule has 1 saturated heterocycles. The summed E-state index contributed by atoms with van der Waals surface area (Å²) in [4.78, 5) is 1.52. The zero-order valence-corrected chi connectivity index (χ0v) is 16.8. The van der Waals surface area contributed by atoms with Gasteiger partial charge in [-0.15, -0.1) is 0 Å². The molecule has 10 heteroatoms. The van der Waals surface area contributed by atoms with Gasteiger partial charge in [0.05, 0.1) is 0 Å². The van der Waals surface area contributed by atoms with Gasteiger partial charge in [-0.1, -0.05) is 18.2 Å². The number of hydrogen-bond acceptors (Lipinski definition) is 5. The van der Waals surface area contributed by atoms with Gasteiger partial charge < -0.3 is 14.0 Å². The Hall–Kier alpha value is -1.49. The summed E-state index contributed by atoms with van der Waals surface area (Å²) < 4.78 is 69.8. The molecule has 0 unspecified atom stereocenters. The fourth-order valence-corrected chi connectivity index (χ4v) is 5.14. The van der Waals surface area contributed by atoms with Crippen LogP contribution in [0.1, 0.15) is 19.8 Å². The molecule has 0 aliphatic carbocycles. The fourth-order valence-electron chi connectivity index (χ4n) is 2.63. The van der Waals surface area contributed by atoms with E-state index in [0.29, 0.717) is 24.3 Å². The molecular formula is C18H21F3O5S2. The molecule has 0 N–H and O–H groups in total. The predicted octanol–water partition coefficient (Wildman–Crippen LogP) is 4.04. The summed E-state index contributed by atoms with van der Waals surface area (Å²) >= 11 is 0. The van der Waals surface area contributed by atoms with E-state index in [2.05, 4.69) is 30.3 Å². The average molecular weight is 438 g/mol. The molecule has 0 aromatic heterocycles. The SMILES string of the molecule is CCOCOc1ccc2cccc([S+]3CCCC3)c2c1.O=S(=O)([O-])C(F)(F)F. The monoisotopic (exact) mass is 438 g/mol. The van der Waals surface area contributed by atoms with Crippen molar-refractivity contribution in [3.05, 3.63) is 36.4 Å². The van der Waals surface area contributed by atoms with E-state index in [-0.39, 0.29) is 0 Å². The zero-order valence-electron chi connectivity index (χ0n) is 15.2. The van der Waals surface area contributed by atoms with Crippen molar-refractivity contribution in [3.8, 4) is 5.75 Å². The lowest BCUT2D eigenvalue weighted by atomic mass is 10.1. The zero-order chi connectivity index (χ0) is 20.8. The summed E-state index contributed by atoms with van der Waals surface area (Å²) in [5, 5.41) is 2.66. The van der Waals surface area contributed by atoms with Crippen molar-refractivity contribution in [2.24, 2.45) is 0 Å². The number of alkyl halides is 3. The Labute approximate surface area is 164 Å². The van der Waals surface area contributed by atoms with Gasteiger partial charge in [0.15, 0.2) is 21.8 Å². The molecule has 0 saturated carbocycles. The molecule has 2 aromatic carbocycles. The maximum Gasteiger partial charge on any atom is 0.485 e. The third-order valence-electron chi connectivity index (χ3n) is 3.95. The van der Waals surface area contributed by atoms with Gasteiger partial charge in [0.2, 0.25) is 0 Å². The summed E-state index contributed by atoms with van der Waals surface area (Å²) in [6, 6.07) is 13.0.